The monoisotopic (exact) mass is 149 g/mol. The topological polar surface area (TPSA) is 23.5 Å². The van der Waals surface area contributed by atoms with Crippen LogP contribution in [0.5, 0.6) is 0 Å². The van der Waals surface area contributed by atoms with Crippen molar-refractivity contribution in [3.05, 3.63) is 23.5 Å². The fraction of sp³-hybridized carbons (Fsp3) is 0.500. The molecule has 0 saturated carbocycles. The van der Waals surface area contributed by atoms with E-state index in [-0.39, 0.29) is 5.76 Å². The molecule has 1 aliphatic rings. The van der Waals surface area contributed by atoms with Crippen molar-refractivity contribution in [1.29, 1.82) is 0 Å². The predicted molar refractivity (Wildman–Crippen MR) is 46.4 cm³/mol. The molecule has 0 aromatic carbocycles. The van der Waals surface area contributed by atoms with Crippen molar-refractivity contribution < 1.29 is 5.11 Å². The minimum atomic E-state index is 0.238. The molecule has 2 radical (unpaired) electrons. The van der Waals surface area contributed by atoms with Crippen LogP contribution < -0.4 is 0 Å². The van der Waals surface area contributed by atoms with Gasteiger partial charge in [0, 0.05) is 18.8 Å². The first kappa shape index (κ1) is 8.24. The van der Waals surface area contributed by atoms with Crippen LogP contribution in [0, 0.1) is 0 Å². The Kier molecular flexibility index (Phi) is 2.27. The Morgan fingerprint density at radius 2 is 2.27 bits per heavy atom. The smallest absolute Gasteiger partial charge is 0.130 e. The molecule has 0 aromatic rings. The minimum Gasteiger partial charge on any atom is -0.506 e. The fourth-order valence-electron chi connectivity index (χ4n) is 1.03. The second-order valence-corrected chi connectivity index (χ2v) is 3.04. The van der Waals surface area contributed by atoms with E-state index < -0.39 is 0 Å². The van der Waals surface area contributed by atoms with Gasteiger partial charge in [0.1, 0.15) is 13.6 Å². The van der Waals surface area contributed by atoms with E-state index >= 15 is 0 Å². The van der Waals surface area contributed by atoms with Crippen LogP contribution in [0.25, 0.3) is 0 Å². The van der Waals surface area contributed by atoms with Crippen molar-refractivity contribution in [3.8, 4) is 0 Å². The lowest BCUT2D eigenvalue weighted by Crippen LogP contribution is -2.30. The molecule has 0 aliphatic carbocycles. The molecule has 0 bridgehead atoms. The first-order valence-corrected chi connectivity index (χ1v) is 3.72. The van der Waals surface area contributed by atoms with Gasteiger partial charge >= 0.3 is 0 Å². The van der Waals surface area contributed by atoms with Crippen LogP contribution in [0.15, 0.2) is 23.5 Å². The summed E-state index contributed by atoms with van der Waals surface area (Å²) in [7, 11) is 5.57. The van der Waals surface area contributed by atoms with E-state index in [9.17, 15) is 0 Å². The maximum absolute atomic E-state index is 9.16. The van der Waals surface area contributed by atoms with E-state index in [2.05, 4.69) is 13.8 Å². The Bertz CT molecular complexity index is 208. The zero-order chi connectivity index (χ0) is 8.43. The van der Waals surface area contributed by atoms with Crippen LogP contribution in [0.2, 0.25) is 0 Å². The highest BCUT2D eigenvalue weighted by Crippen LogP contribution is 2.11. The van der Waals surface area contributed by atoms with Gasteiger partial charge in [-0.05, 0) is 19.9 Å². The van der Waals surface area contributed by atoms with Crippen molar-refractivity contribution in [1.82, 2.24) is 4.90 Å². The van der Waals surface area contributed by atoms with E-state index in [1.165, 1.54) is 0 Å². The lowest BCUT2D eigenvalue weighted by molar-refractivity contribution is 0.307. The van der Waals surface area contributed by atoms with E-state index in [1.807, 2.05) is 4.90 Å². The van der Waals surface area contributed by atoms with Crippen molar-refractivity contribution in [3.63, 3.8) is 0 Å². The molecule has 11 heavy (non-hydrogen) atoms. The number of allylic oxidation sites excluding steroid dienone is 1. The normalized spacial score (nSPS) is 18.3. The Hall–Kier alpha value is -0.855. The fourth-order valence-corrected chi connectivity index (χ4v) is 1.03. The molecule has 3 heteroatoms. The molecular weight excluding hydrogens is 137 g/mol. The molecule has 1 rings (SSSR count). The van der Waals surface area contributed by atoms with Gasteiger partial charge in [0.15, 0.2) is 0 Å². The highest BCUT2D eigenvalue weighted by atomic mass is 16.3. The minimum absolute atomic E-state index is 0.238. The van der Waals surface area contributed by atoms with Crippen molar-refractivity contribution in [2.24, 2.45) is 0 Å². The standard InChI is InChI=1S/C8H12BNO/c1-6(2)10-4-7(9)3-8(11)5-10/h3,5-6,11H,4H2,1-2H3. The quantitative estimate of drug-likeness (QED) is 0.565. The molecule has 0 unspecified atom stereocenters. The summed E-state index contributed by atoms with van der Waals surface area (Å²) in [6, 6.07) is 0.379. The van der Waals surface area contributed by atoms with Crippen LogP contribution in [0.3, 0.4) is 0 Å². The lowest BCUT2D eigenvalue weighted by Gasteiger charge is -2.28. The SMILES string of the molecule is [B]C1=CC(O)=CN(C(C)C)C1. The van der Waals surface area contributed by atoms with E-state index in [4.69, 9.17) is 13.0 Å². The van der Waals surface area contributed by atoms with E-state index in [0.717, 1.165) is 0 Å². The second kappa shape index (κ2) is 3.03. The summed E-state index contributed by atoms with van der Waals surface area (Å²) < 4.78 is 0. The Balaban J connectivity index is 2.71. The highest BCUT2D eigenvalue weighted by Gasteiger charge is 2.10. The summed E-state index contributed by atoms with van der Waals surface area (Å²) in [5.74, 6) is 0.238. The van der Waals surface area contributed by atoms with Crippen LogP contribution in [0.4, 0.5) is 0 Å². The maximum atomic E-state index is 9.16. The highest BCUT2D eigenvalue weighted by molar-refractivity contribution is 6.22. The number of nitrogens with zero attached hydrogens (tertiary/aromatic N) is 1. The first-order valence-electron chi connectivity index (χ1n) is 3.72. The summed E-state index contributed by atoms with van der Waals surface area (Å²) in [5.41, 5.74) is 0.707. The second-order valence-electron chi connectivity index (χ2n) is 3.04. The summed E-state index contributed by atoms with van der Waals surface area (Å²) >= 11 is 0. The third-order valence-electron chi connectivity index (χ3n) is 1.66. The summed E-state index contributed by atoms with van der Waals surface area (Å²) in [6.45, 7) is 4.83. The van der Waals surface area contributed by atoms with Crippen LogP contribution in [-0.4, -0.2) is 30.4 Å². The molecule has 1 heterocycles. The van der Waals surface area contributed by atoms with Crippen molar-refractivity contribution in [2.45, 2.75) is 19.9 Å². The Labute approximate surface area is 68.6 Å². The molecule has 0 atom stereocenters. The average molecular weight is 149 g/mol. The summed E-state index contributed by atoms with van der Waals surface area (Å²) in [5, 5.41) is 9.16. The van der Waals surface area contributed by atoms with Crippen molar-refractivity contribution >= 4 is 7.85 Å². The molecule has 0 aromatic heterocycles. The summed E-state index contributed by atoms with van der Waals surface area (Å²) in [4.78, 5) is 1.99. The number of aliphatic hydroxyl groups excluding tert-OH is 1. The van der Waals surface area contributed by atoms with Gasteiger partial charge in [-0.25, -0.2) is 0 Å². The van der Waals surface area contributed by atoms with Crippen LogP contribution in [0.1, 0.15) is 13.8 Å². The van der Waals surface area contributed by atoms with Gasteiger partial charge in [-0.2, -0.15) is 0 Å². The molecule has 0 spiro atoms. The van der Waals surface area contributed by atoms with Gasteiger partial charge in [-0.1, -0.05) is 5.47 Å². The van der Waals surface area contributed by atoms with Gasteiger partial charge in [0.05, 0.1) is 0 Å². The largest absolute Gasteiger partial charge is 0.506 e. The van der Waals surface area contributed by atoms with Gasteiger partial charge in [-0.3, -0.25) is 0 Å². The first-order chi connectivity index (χ1) is 5.09. The van der Waals surface area contributed by atoms with Gasteiger partial charge in [-0.15, -0.1) is 0 Å². The van der Waals surface area contributed by atoms with Gasteiger partial charge in [0.2, 0.25) is 0 Å². The molecule has 0 fully saturated rings. The molecule has 0 amide bonds. The molecule has 58 valence electrons. The zero-order valence-corrected chi connectivity index (χ0v) is 6.91. The molecule has 2 nitrogen and oxygen atoms in total. The zero-order valence-electron chi connectivity index (χ0n) is 6.91. The maximum Gasteiger partial charge on any atom is 0.130 e. The average Bonchev–Trinajstić information content (AvgIpc) is 1.85. The third-order valence-corrected chi connectivity index (χ3v) is 1.66. The van der Waals surface area contributed by atoms with Crippen LogP contribution in [-0.2, 0) is 0 Å². The summed E-state index contributed by atoms with van der Waals surface area (Å²) in [6.07, 6.45) is 3.29. The molecule has 1 aliphatic heterocycles. The van der Waals surface area contributed by atoms with Gasteiger partial charge < -0.3 is 10.0 Å². The van der Waals surface area contributed by atoms with Crippen LogP contribution >= 0.6 is 0 Å². The molecule has 0 saturated heterocycles. The van der Waals surface area contributed by atoms with E-state index in [1.54, 1.807) is 12.3 Å². The Morgan fingerprint density at radius 3 is 2.73 bits per heavy atom. The molecular formula is C8H12BNO. The van der Waals surface area contributed by atoms with E-state index in [0.29, 0.717) is 18.1 Å². The Morgan fingerprint density at radius 1 is 1.64 bits per heavy atom. The van der Waals surface area contributed by atoms with Crippen molar-refractivity contribution in [2.75, 3.05) is 6.54 Å². The number of hydrogen-bond acceptors (Lipinski definition) is 2. The predicted octanol–water partition coefficient (Wildman–Crippen LogP) is 1.16. The molecule has 1 N–H and O–H groups in total. The number of rotatable bonds is 1. The number of hydrogen-bond donors (Lipinski definition) is 1. The lowest BCUT2D eigenvalue weighted by atomic mass is 9.92. The number of aliphatic hydroxyl groups is 1. The van der Waals surface area contributed by atoms with Gasteiger partial charge in [0.25, 0.3) is 0 Å². The third kappa shape index (κ3) is 2.04.